The van der Waals surface area contributed by atoms with Crippen molar-refractivity contribution in [1.29, 1.82) is 0 Å². The van der Waals surface area contributed by atoms with Crippen LogP contribution < -0.4 is 5.32 Å². The molecule has 5 nitrogen and oxygen atoms in total. The third-order valence-corrected chi connectivity index (χ3v) is 3.20. The van der Waals surface area contributed by atoms with Crippen molar-refractivity contribution in [1.82, 2.24) is 5.32 Å². The summed E-state index contributed by atoms with van der Waals surface area (Å²) in [4.78, 5) is 12.1. The molecule has 0 aliphatic carbocycles. The first-order valence-electron chi connectivity index (χ1n) is 6.74. The lowest BCUT2D eigenvalue weighted by Crippen LogP contribution is -2.48. The van der Waals surface area contributed by atoms with E-state index in [9.17, 15) is 4.79 Å². The molecule has 0 aromatic carbocycles. The zero-order valence-electron chi connectivity index (χ0n) is 11.5. The van der Waals surface area contributed by atoms with Gasteiger partial charge in [0.2, 0.25) is 0 Å². The molecule has 18 heavy (non-hydrogen) atoms. The molecule has 1 rings (SSSR count). The van der Waals surface area contributed by atoms with Gasteiger partial charge in [-0.1, -0.05) is 13.3 Å². The highest BCUT2D eigenvalue weighted by Crippen LogP contribution is 2.26. The lowest BCUT2D eigenvalue weighted by molar-refractivity contribution is -0.153. The number of nitrogens with one attached hydrogen (secondary N) is 1. The fourth-order valence-corrected chi connectivity index (χ4v) is 2.30. The molecule has 0 bridgehead atoms. The quantitative estimate of drug-likeness (QED) is 0.496. The molecular weight excluding hydrogens is 234 g/mol. The Morgan fingerprint density at radius 3 is 2.67 bits per heavy atom. The van der Waals surface area contributed by atoms with E-state index in [-0.39, 0.29) is 5.97 Å². The lowest BCUT2D eigenvalue weighted by atomic mass is 9.92. The zero-order chi connectivity index (χ0) is 13.3. The molecule has 1 fully saturated rings. The second-order valence-electron chi connectivity index (χ2n) is 4.60. The molecular formula is C13H25NO4. The number of carbonyl (C=O) groups excluding carboxylic acids is 1. The monoisotopic (exact) mass is 259 g/mol. The Balaban J connectivity index is 2.21. The van der Waals surface area contributed by atoms with Crippen LogP contribution in [-0.2, 0) is 19.0 Å². The topological polar surface area (TPSA) is 56.8 Å². The zero-order valence-corrected chi connectivity index (χ0v) is 11.5. The third kappa shape index (κ3) is 4.55. The number of hydrogen-bond donors (Lipinski definition) is 1. The molecule has 1 unspecified atom stereocenters. The molecule has 1 aliphatic rings. The Bertz CT molecular complexity index is 239. The number of hydrogen-bond acceptors (Lipinski definition) is 5. The third-order valence-electron chi connectivity index (χ3n) is 3.20. The fourth-order valence-electron chi connectivity index (χ4n) is 2.30. The van der Waals surface area contributed by atoms with Gasteiger partial charge in [-0.25, -0.2) is 0 Å². The number of esters is 1. The summed E-state index contributed by atoms with van der Waals surface area (Å²) in [7, 11) is 1.63. The van der Waals surface area contributed by atoms with Crippen molar-refractivity contribution < 1.29 is 19.0 Å². The molecule has 0 aromatic heterocycles. The highest BCUT2D eigenvalue weighted by atomic mass is 16.6. The number of methoxy groups -OCH3 is 1. The Kier molecular flexibility index (Phi) is 7.23. The summed E-state index contributed by atoms with van der Waals surface area (Å²) in [5.41, 5.74) is -0.443. The molecule has 0 spiro atoms. The second kappa shape index (κ2) is 8.45. The Morgan fingerprint density at radius 2 is 2.06 bits per heavy atom. The van der Waals surface area contributed by atoms with E-state index in [4.69, 9.17) is 14.2 Å². The molecule has 1 heterocycles. The molecule has 0 saturated carbocycles. The molecule has 1 saturated heterocycles. The highest BCUT2D eigenvalue weighted by molar-refractivity contribution is 5.81. The van der Waals surface area contributed by atoms with Crippen LogP contribution in [0.5, 0.6) is 0 Å². The van der Waals surface area contributed by atoms with Crippen LogP contribution in [0, 0.1) is 0 Å². The van der Waals surface area contributed by atoms with Crippen LogP contribution in [-0.4, -0.2) is 51.6 Å². The molecule has 1 N–H and O–H groups in total. The minimum Gasteiger partial charge on any atom is -0.462 e. The van der Waals surface area contributed by atoms with Crippen LogP contribution in [0.15, 0.2) is 0 Å². The summed E-state index contributed by atoms with van der Waals surface area (Å²) in [5.74, 6) is -0.128. The van der Waals surface area contributed by atoms with Gasteiger partial charge in [0.15, 0.2) is 0 Å². The normalized spacial score (nSPS) is 23.2. The first-order valence-corrected chi connectivity index (χ1v) is 6.74. The van der Waals surface area contributed by atoms with Gasteiger partial charge in [0.25, 0.3) is 0 Å². The van der Waals surface area contributed by atoms with Crippen molar-refractivity contribution in [3.8, 4) is 0 Å². The molecule has 0 aromatic rings. The Morgan fingerprint density at radius 1 is 1.28 bits per heavy atom. The molecule has 1 aliphatic heterocycles. The van der Waals surface area contributed by atoms with E-state index in [0.717, 1.165) is 32.2 Å². The van der Waals surface area contributed by atoms with E-state index in [1.54, 1.807) is 7.11 Å². The van der Waals surface area contributed by atoms with Gasteiger partial charge in [-0.2, -0.15) is 0 Å². The summed E-state index contributed by atoms with van der Waals surface area (Å²) in [5, 5.41) is 3.30. The highest BCUT2D eigenvalue weighted by Gasteiger charge is 2.41. The van der Waals surface area contributed by atoms with Crippen LogP contribution in [0.3, 0.4) is 0 Å². The Labute approximate surface area is 109 Å². The van der Waals surface area contributed by atoms with Gasteiger partial charge in [-0.15, -0.1) is 0 Å². The number of carbonyl (C=O) groups is 1. The molecule has 0 amide bonds. The molecule has 1 atom stereocenters. The van der Waals surface area contributed by atoms with E-state index in [1.165, 1.54) is 0 Å². The van der Waals surface area contributed by atoms with Gasteiger partial charge in [0, 0.05) is 7.11 Å². The van der Waals surface area contributed by atoms with Crippen molar-refractivity contribution in [2.75, 3.05) is 40.1 Å². The summed E-state index contributed by atoms with van der Waals surface area (Å²) in [6, 6.07) is 0. The maximum absolute atomic E-state index is 12.1. The van der Waals surface area contributed by atoms with Gasteiger partial charge in [0.05, 0.1) is 19.8 Å². The van der Waals surface area contributed by atoms with Gasteiger partial charge >= 0.3 is 5.97 Å². The van der Waals surface area contributed by atoms with Crippen molar-refractivity contribution >= 4 is 5.97 Å². The van der Waals surface area contributed by atoms with Crippen LogP contribution in [0.2, 0.25) is 0 Å². The predicted octanol–water partition coefficient (Wildman–Crippen LogP) is 1.11. The average molecular weight is 259 g/mol. The van der Waals surface area contributed by atoms with E-state index < -0.39 is 5.54 Å². The summed E-state index contributed by atoms with van der Waals surface area (Å²) >= 11 is 0. The first-order chi connectivity index (χ1) is 8.75. The fraction of sp³-hybridized carbons (Fsp3) is 0.923. The number of rotatable bonds is 9. The standard InChI is InChI=1S/C13H25NO4/c1-3-5-13(6-4-7-14-13)12(15)18-11-10-17-9-8-16-2/h14H,3-11H2,1-2H3. The van der Waals surface area contributed by atoms with Gasteiger partial charge in [-0.3, -0.25) is 4.79 Å². The lowest BCUT2D eigenvalue weighted by Gasteiger charge is -2.26. The summed E-state index contributed by atoms with van der Waals surface area (Å²) in [6.45, 7) is 4.83. The number of ether oxygens (including phenoxy) is 3. The summed E-state index contributed by atoms with van der Waals surface area (Å²) in [6.07, 6.45) is 3.74. The van der Waals surface area contributed by atoms with Crippen molar-refractivity contribution in [3.63, 3.8) is 0 Å². The van der Waals surface area contributed by atoms with Crippen molar-refractivity contribution in [2.45, 2.75) is 38.1 Å². The van der Waals surface area contributed by atoms with Gasteiger partial charge < -0.3 is 19.5 Å². The van der Waals surface area contributed by atoms with Gasteiger partial charge in [0.1, 0.15) is 12.1 Å². The Hall–Kier alpha value is -0.650. The van der Waals surface area contributed by atoms with E-state index in [0.29, 0.717) is 26.4 Å². The minimum atomic E-state index is -0.443. The molecule has 106 valence electrons. The first kappa shape index (κ1) is 15.4. The van der Waals surface area contributed by atoms with Crippen LogP contribution in [0.25, 0.3) is 0 Å². The van der Waals surface area contributed by atoms with Crippen LogP contribution in [0.1, 0.15) is 32.6 Å². The van der Waals surface area contributed by atoms with E-state index in [2.05, 4.69) is 12.2 Å². The van der Waals surface area contributed by atoms with E-state index in [1.807, 2.05) is 0 Å². The smallest absolute Gasteiger partial charge is 0.326 e. The van der Waals surface area contributed by atoms with Gasteiger partial charge in [-0.05, 0) is 25.8 Å². The largest absolute Gasteiger partial charge is 0.462 e. The molecule has 5 heteroatoms. The average Bonchev–Trinajstić information content (AvgIpc) is 2.83. The van der Waals surface area contributed by atoms with Crippen molar-refractivity contribution in [3.05, 3.63) is 0 Å². The van der Waals surface area contributed by atoms with E-state index >= 15 is 0 Å². The SMILES string of the molecule is CCCC1(C(=O)OCCOCCOC)CCCN1. The second-order valence-corrected chi connectivity index (χ2v) is 4.60. The molecule has 0 radical (unpaired) electrons. The maximum Gasteiger partial charge on any atom is 0.326 e. The predicted molar refractivity (Wildman–Crippen MR) is 68.5 cm³/mol. The van der Waals surface area contributed by atoms with Crippen LogP contribution >= 0.6 is 0 Å². The van der Waals surface area contributed by atoms with Crippen LogP contribution in [0.4, 0.5) is 0 Å². The van der Waals surface area contributed by atoms with Crippen molar-refractivity contribution in [2.24, 2.45) is 0 Å². The minimum absolute atomic E-state index is 0.128. The summed E-state index contributed by atoms with van der Waals surface area (Å²) < 4.78 is 15.4. The maximum atomic E-state index is 12.1.